The molecule has 1 fully saturated rings. The molecular formula is C32H39N3O7S. The normalized spacial score (nSPS) is 20.0. The minimum atomic E-state index is -4.31. The van der Waals surface area contributed by atoms with E-state index in [1.165, 1.54) is 18.2 Å². The van der Waals surface area contributed by atoms with E-state index in [0.717, 1.165) is 11.1 Å². The molecule has 2 atom stereocenters. The van der Waals surface area contributed by atoms with Gasteiger partial charge in [-0.15, -0.1) is 0 Å². The van der Waals surface area contributed by atoms with Gasteiger partial charge in [0.1, 0.15) is 5.60 Å². The van der Waals surface area contributed by atoms with Gasteiger partial charge in [0.05, 0.1) is 23.4 Å². The van der Waals surface area contributed by atoms with Crippen LogP contribution in [0.15, 0.2) is 48.5 Å². The second kappa shape index (κ2) is 12.4. The third-order valence-electron chi connectivity index (χ3n) is 7.40. The highest BCUT2D eigenvalue weighted by atomic mass is 32.2. The van der Waals surface area contributed by atoms with E-state index in [0.29, 0.717) is 42.7 Å². The van der Waals surface area contributed by atoms with Crippen LogP contribution in [0.5, 0.6) is 0 Å². The molecule has 1 amide bonds. The van der Waals surface area contributed by atoms with Gasteiger partial charge in [-0.25, -0.2) is 17.5 Å². The van der Waals surface area contributed by atoms with Crippen LogP contribution in [0.2, 0.25) is 0 Å². The number of likely N-dealkylation sites (tertiary alicyclic amines) is 1. The maximum atomic E-state index is 14.2. The van der Waals surface area contributed by atoms with Crippen LogP contribution in [0.25, 0.3) is 6.08 Å². The minimum Gasteiger partial charge on any atom is -0.444 e. The predicted molar refractivity (Wildman–Crippen MR) is 162 cm³/mol. The van der Waals surface area contributed by atoms with Crippen LogP contribution >= 0.6 is 0 Å². The minimum absolute atomic E-state index is 0.210. The zero-order valence-electron chi connectivity index (χ0n) is 25.5. The van der Waals surface area contributed by atoms with Crippen LogP contribution in [-0.2, 0) is 35.4 Å². The number of ether oxygens (including phenoxy) is 3. The summed E-state index contributed by atoms with van der Waals surface area (Å²) in [6.07, 6.45) is 3.79. The van der Waals surface area contributed by atoms with E-state index in [4.69, 9.17) is 14.2 Å². The fourth-order valence-electron chi connectivity index (χ4n) is 5.40. The van der Waals surface area contributed by atoms with Crippen molar-refractivity contribution in [2.24, 2.45) is 0 Å². The highest BCUT2D eigenvalue weighted by molar-refractivity contribution is 7.93. The second-order valence-electron chi connectivity index (χ2n) is 11.9. The van der Waals surface area contributed by atoms with E-state index >= 15 is 0 Å². The topological polar surface area (TPSA) is 126 Å². The second-order valence-corrected chi connectivity index (χ2v) is 14.0. The standard InChI is InChI=1S/C32H39N3O7S/c1-22-9-7-12-29-28(22)20-32(16-13-25-10-8-11-26(19-25)21-33,35(29)43(38,39)24(3)40-23(2)36)41-27-14-17-34(18-15-27)30(37)42-31(4,5)6/h7-13,16,19,24,27H,14-15,17-18,20H2,1-6H3/b16-13+. The molecule has 0 aliphatic carbocycles. The van der Waals surface area contributed by atoms with Crippen molar-refractivity contribution >= 4 is 33.8 Å². The van der Waals surface area contributed by atoms with Gasteiger partial charge < -0.3 is 19.1 Å². The molecule has 2 aromatic rings. The number of carbonyl (C=O) groups is 2. The predicted octanol–water partition coefficient (Wildman–Crippen LogP) is 5.29. The van der Waals surface area contributed by atoms with Crippen molar-refractivity contribution in [3.63, 3.8) is 0 Å². The number of nitrogens with zero attached hydrogens (tertiary/aromatic N) is 3. The molecule has 0 N–H and O–H groups in total. The lowest BCUT2D eigenvalue weighted by atomic mass is 10.00. The Balaban J connectivity index is 1.76. The maximum Gasteiger partial charge on any atom is 0.410 e. The zero-order valence-corrected chi connectivity index (χ0v) is 26.3. The fourth-order valence-corrected chi connectivity index (χ4v) is 6.99. The largest absolute Gasteiger partial charge is 0.444 e. The summed E-state index contributed by atoms with van der Waals surface area (Å²) < 4.78 is 47.2. The third kappa shape index (κ3) is 7.20. The van der Waals surface area contributed by atoms with Crippen molar-refractivity contribution in [2.75, 3.05) is 17.4 Å². The molecule has 2 aliphatic heterocycles. The van der Waals surface area contributed by atoms with E-state index in [1.54, 1.807) is 47.4 Å². The number of rotatable bonds is 7. The molecule has 0 saturated carbocycles. The summed E-state index contributed by atoms with van der Waals surface area (Å²) in [6, 6.07) is 14.5. The van der Waals surface area contributed by atoms with Gasteiger partial charge in [-0.1, -0.05) is 30.3 Å². The van der Waals surface area contributed by atoms with Crippen LogP contribution in [0.4, 0.5) is 10.5 Å². The number of benzene rings is 2. The fraction of sp³-hybridized carbons (Fsp3) is 0.469. The Kier molecular flexibility index (Phi) is 9.23. The van der Waals surface area contributed by atoms with Gasteiger partial charge in [0.2, 0.25) is 5.44 Å². The smallest absolute Gasteiger partial charge is 0.410 e. The van der Waals surface area contributed by atoms with E-state index in [1.807, 2.05) is 39.8 Å². The lowest BCUT2D eigenvalue weighted by molar-refractivity contribution is -0.142. The van der Waals surface area contributed by atoms with Crippen LogP contribution in [-0.4, -0.2) is 61.3 Å². The molecule has 43 heavy (non-hydrogen) atoms. The molecule has 2 aromatic carbocycles. The number of hydrogen-bond donors (Lipinski definition) is 0. The maximum absolute atomic E-state index is 14.2. The molecular weight excluding hydrogens is 570 g/mol. The van der Waals surface area contributed by atoms with Crippen molar-refractivity contribution in [3.05, 3.63) is 70.8 Å². The number of esters is 1. The molecule has 0 spiro atoms. The number of nitriles is 1. The molecule has 2 unspecified atom stereocenters. The summed E-state index contributed by atoms with van der Waals surface area (Å²) in [7, 11) is -4.31. The number of aryl methyl sites for hydroxylation is 1. The van der Waals surface area contributed by atoms with Crippen molar-refractivity contribution in [1.82, 2.24) is 4.90 Å². The van der Waals surface area contributed by atoms with Crippen molar-refractivity contribution in [2.45, 2.75) is 83.7 Å². The lowest BCUT2D eigenvalue weighted by Crippen LogP contribution is -2.56. The van der Waals surface area contributed by atoms with Crippen LogP contribution in [0, 0.1) is 18.3 Å². The Morgan fingerprint density at radius 3 is 2.44 bits per heavy atom. The molecule has 0 radical (unpaired) electrons. The SMILES string of the molecule is CC(=O)OC(C)S(=O)(=O)N1c2cccc(C)c2CC1(/C=C/c1cccc(C#N)c1)OC1CCN(C(=O)OC(C)(C)C)CC1. The van der Waals surface area contributed by atoms with E-state index in [2.05, 4.69) is 6.07 Å². The zero-order chi connectivity index (χ0) is 31.6. The summed E-state index contributed by atoms with van der Waals surface area (Å²) in [6.45, 7) is 10.6. The first-order valence-corrected chi connectivity index (χ1v) is 15.8. The van der Waals surface area contributed by atoms with Gasteiger partial charge in [0, 0.05) is 26.4 Å². The van der Waals surface area contributed by atoms with Crippen LogP contribution in [0.1, 0.15) is 69.7 Å². The first-order chi connectivity index (χ1) is 20.1. The first kappa shape index (κ1) is 32.0. The quantitative estimate of drug-likeness (QED) is 0.388. The molecule has 0 aromatic heterocycles. The highest BCUT2D eigenvalue weighted by Crippen LogP contribution is 2.46. The Bertz CT molecular complexity index is 1550. The summed E-state index contributed by atoms with van der Waals surface area (Å²) in [5.74, 6) is -0.718. The summed E-state index contributed by atoms with van der Waals surface area (Å²) in [4.78, 5) is 26.1. The van der Waals surface area contributed by atoms with Gasteiger partial charge in [-0.05, 0) is 88.4 Å². The van der Waals surface area contributed by atoms with Gasteiger partial charge >= 0.3 is 12.1 Å². The van der Waals surface area contributed by atoms with Crippen LogP contribution < -0.4 is 4.31 Å². The molecule has 0 bridgehead atoms. The number of sulfonamides is 1. The third-order valence-corrected chi connectivity index (χ3v) is 9.35. The average molecular weight is 610 g/mol. The van der Waals surface area contributed by atoms with Gasteiger partial charge in [0.25, 0.3) is 10.0 Å². The molecule has 2 aliphatic rings. The molecule has 1 saturated heterocycles. The first-order valence-electron chi connectivity index (χ1n) is 14.3. The molecule has 11 heteroatoms. The number of fused-ring (bicyclic) bond motifs is 1. The van der Waals surface area contributed by atoms with E-state index < -0.39 is 45.0 Å². The van der Waals surface area contributed by atoms with Crippen molar-refractivity contribution < 1.29 is 32.2 Å². The molecule has 230 valence electrons. The number of hydrogen-bond acceptors (Lipinski definition) is 8. The molecule has 2 heterocycles. The Hall–Kier alpha value is -3.88. The van der Waals surface area contributed by atoms with Crippen molar-refractivity contribution in [1.29, 1.82) is 5.26 Å². The number of carbonyl (C=O) groups excluding carboxylic acids is 2. The van der Waals surface area contributed by atoms with E-state index in [9.17, 15) is 23.3 Å². The molecule has 4 rings (SSSR count). The van der Waals surface area contributed by atoms with Crippen LogP contribution in [0.3, 0.4) is 0 Å². The number of amides is 1. The monoisotopic (exact) mass is 609 g/mol. The van der Waals surface area contributed by atoms with Gasteiger partial charge in [-0.2, -0.15) is 5.26 Å². The summed E-state index contributed by atoms with van der Waals surface area (Å²) >= 11 is 0. The molecule has 10 nitrogen and oxygen atoms in total. The summed E-state index contributed by atoms with van der Waals surface area (Å²) in [5, 5.41) is 9.40. The highest BCUT2D eigenvalue weighted by Gasteiger charge is 2.53. The van der Waals surface area contributed by atoms with Gasteiger partial charge in [-0.3, -0.25) is 4.79 Å². The Morgan fingerprint density at radius 1 is 1.14 bits per heavy atom. The van der Waals surface area contributed by atoms with E-state index in [-0.39, 0.29) is 6.42 Å². The lowest BCUT2D eigenvalue weighted by Gasteiger charge is -2.42. The average Bonchev–Trinajstić information content (AvgIpc) is 3.27. The number of piperidine rings is 1. The van der Waals surface area contributed by atoms with Crippen molar-refractivity contribution in [3.8, 4) is 6.07 Å². The summed E-state index contributed by atoms with van der Waals surface area (Å²) in [5.41, 5.74) is -0.327. The van der Waals surface area contributed by atoms with Gasteiger partial charge in [0.15, 0.2) is 5.72 Å². The Labute approximate surface area is 253 Å². The number of anilines is 1. The Morgan fingerprint density at radius 2 is 1.81 bits per heavy atom.